The molecule has 2 aromatic heterocycles. The number of fused-ring (bicyclic) bond motifs is 1. The molecule has 1 amide bonds. The molecule has 1 aliphatic rings. The number of nitrogens with zero attached hydrogens (tertiary/aromatic N) is 5. The number of rotatable bonds is 10. The average Bonchev–Trinajstić information content (AvgIpc) is 3.49. The number of benzene rings is 1. The molecule has 0 spiro atoms. The first-order valence-electron chi connectivity index (χ1n) is 10.8. The summed E-state index contributed by atoms with van der Waals surface area (Å²) in [7, 11) is 0. The number of nitrogens with one attached hydrogen (secondary N) is 1. The molecule has 3 heterocycles. The third-order valence-electron chi connectivity index (χ3n) is 5.19. The molecule has 1 saturated heterocycles. The molecule has 1 aromatic carbocycles. The fourth-order valence-electron chi connectivity index (χ4n) is 3.65. The first-order valence-corrected chi connectivity index (χ1v) is 12.0. The van der Waals surface area contributed by atoms with E-state index in [9.17, 15) is 4.79 Å². The molecule has 0 saturated carbocycles. The van der Waals surface area contributed by atoms with Gasteiger partial charge in [-0.15, -0.1) is 0 Å². The second-order valence-electron chi connectivity index (χ2n) is 7.38. The van der Waals surface area contributed by atoms with Crippen LogP contribution < -0.4 is 19.7 Å². The van der Waals surface area contributed by atoms with Crippen molar-refractivity contribution in [3.63, 3.8) is 0 Å². The molecule has 170 valence electrons. The maximum Gasteiger partial charge on any atom is 0.258 e. The summed E-state index contributed by atoms with van der Waals surface area (Å²) in [6.45, 7) is 5.46. The highest BCUT2D eigenvalue weighted by Crippen LogP contribution is 2.28. The molecular weight excluding hydrogens is 428 g/mol. The highest BCUT2D eigenvalue weighted by atomic mass is 32.2. The van der Waals surface area contributed by atoms with Crippen molar-refractivity contribution in [1.82, 2.24) is 25.1 Å². The van der Waals surface area contributed by atoms with Gasteiger partial charge in [-0.3, -0.25) is 4.79 Å². The highest BCUT2D eigenvalue weighted by molar-refractivity contribution is 7.98. The highest BCUT2D eigenvalue weighted by Gasteiger charge is 2.20. The van der Waals surface area contributed by atoms with Crippen LogP contribution in [0, 0.1) is 0 Å². The molecule has 0 radical (unpaired) electrons. The van der Waals surface area contributed by atoms with Gasteiger partial charge in [-0.1, -0.05) is 11.8 Å². The van der Waals surface area contributed by atoms with Gasteiger partial charge in [0.25, 0.3) is 5.91 Å². The van der Waals surface area contributed by atoms with E-state index in [1.54, 1.807) is 12.1 Å². The number of carbonyl (C=O) groups is 1. The summed E-state index contributed by atoms with van der Waals surface area (Å²) in [5.41, 5.74) is 0.797. The maximum atomic E-state index is 12.2. The Hall–Kier alpha value is -3.01. The number of anilines is 1. The second-order valence-corrected chi connectivity index (χ2v) is 8.15. The van der Waals surface area contributed by atoms with E-state index in [2.05, 4.69) is 20.3 Å². The molecule has 1 fully saturated rings. The van der Waals surface area contributed by atoms with Crippen molar-refractivity contribution in [2.45, 2.75) is 31.5 Å². The van der Waals surface area contributed by atoms with Gasteiger partial charge in [0.05, 0.1) is 24.7 Å². The van der Waals surface area contributed by atoms with E-state index in [1.807, 2.05) is 36.2 Å². The number of hydrogen-bond acceptors (Lipinski definition) is 8. The molecular formula is C22H28N6O3S. The van der Waals surface area contributed by atoms with Crippen LogP contribution in [0.2, 0.25) is 0 Å². The van der Waals surface area contributed by atoms with E-state index in [-0.39, 0.29) is 12.5 Å². The predicted molar refractivity (Wildman–Crippen MR) is 125 cm³/mol. The summed E-state index contributed by atoms with van der Waals surface area (Å²) in [5.74, 6) is 2.16. The Morgan fingerprint density at radius 3 is 2.53 bits per heavy atom. The van der Waals surface area contributed by atoms with E-state index in [0.717, 1.165) is 40.8 Å². The van der Waals surface area contributed by atoms with Crippen LogP contribution in [0.4, 0.5) is 5.82 Å². The minimum Gasteiger partial charge on any atom is -0.494 e. The Bertz CT molecular complexity index is 1050. The van der Waals surface area contributed by atoms with Gasteiger partial charge in [-0.25, -0.2) is 14.6 Å². The minimum atomic E-state index is -0.187. The van der Waals surface area contributed by atoms with Crippen LogP contribution in [0.15, 0.2) is 35.6 Å². The number of hydrogen-bond donors (Lipinski definition) is 1. The molecule has 10 heteroatoms. The Balaban J connectivity index is 1.33. The molecule has 1 N–H and O–H groups in total. The van der Waals surface area contributed by atoms with Gasteiger partial charge in [0.2, 0.25) is 0 Å². The monoisotopic (exact) mass is 456 g/mol. The molecule has 0 aliphatic carbocycles. The van der Waals surface area contributed by atoms with Crippen LogP contribution in [0.3, 0.4) is 0 Å². The fourth-order valence-corrected chi connectivity index (χ4v) is 4.00. The average molecular weight is 457 g/mol. The van der Waals surface area contributed by atoms with Gasteiger partial charge in [0.1, 0.15) is 17.3 Å². The van der Waals surface area contributed by atoms with Gasteiger partial charge in [0, 0.05) is 19.6 Å². The van der Waals surface area contributed by atoms with Crippen LogP contribution in [-0.4, -0.2) is 64.8 Å². The molecule has 0 bridgehead atoms. The number of ether oxygens (including phenoxy) is 2. The molecule has 0 unspecified atom stereocenters. The van der Waals surface area contributed by atoms with Crippen molar-refractivity contribution in [1.29, 1.82) is 0 Å². The molecule has 4 rings (SSSR count). The summed E-state index contributed by atoms with van der Waals surface area (Å²) < 4.78 is 12.8. The molecule has 3 aromatic rings. The fraction of sp³-hybridized carbons (Fsp3) is 0.455. The third-order valence-corrected chi connectivity index (χ3v) is 5.74. The van der Waals surface area contributed by atoms with E-state index < -0.39 is 0 Å². The van der Waals surface area contributed by atoms with Gasteiger partial charge in [-0.05, 0) is 50.3 Å². The SMILES string of the molecule is CCOc1ccc(OCC(=O)NCCn2ncc3c(N4CCCC4)nc(SC)nc32)cc1. The van der Waals surface area contributed by atoms with Crippen molar-refractivity contribution in [3.05, 3.63) is 30.5 Å². The molecule has 1 aliphatic heterocycles. The first-order chi connectivity index (χ1) is 15.7. The number of amides is 1. The quantitative estimate of drug-likeness (QED) is 0.368. The van der Waals surface area contributed by atoms with E-state index in [4.69, 9.17) is 14.5 Å². The topological polar surface area (TPSA) is 94.4 Å². The summed E-state index contributed by atoms with van der Waals surface area (Å²) >= 11 is 1.52. The van der Waals surface area contributed by atoms with Crippen molar-refractivity contribution >= 4 is 34.5 Å². The zero-order valence-corrected chi connectivity index (χ0v) is 19.2. The lowest BCUT2D eigenvalue weighted by molar-refractivity contribution is -0.123. The van der Waals surface area contributed by atoms with E-state index in [0.29, 0.717) is 25.4 Å². The van der Waals surface area contributed by atoms with Gasteiger partial charge >= 0.3 is 0 Å². The first kappa shape index (κ1) is 22.2. The maximum absolute atomic E-state index is 12.2. The lowest BCUT2D eigenvalue weighted by atomic mass is 10.3. The lowest BCUT2D eigenvalue weighted by Gasteiger charge is -2.17. The third kappa shape index (κ3) is 5.24. The zero-order chi connectivity index (χ0) is 22.3. The van der Waals surface area contributed by atoms with Gasteiger partial charge in [0.15, 0.2) is 17.4 Å². The summed E-state index contributed by atoms with van der Waals surface area (Å²) in [6.07, 6.45) is 6.15. The summed E-state index contributed by atoms with van der Waals surface area (Å²) in [4.78, 5) is 23.9. The van der Waals surface area contributed by atoms with Crippen LogP contribution in [0.1, 0.15) is 19.8 Å². The Kier molecular flexibility index (Phi) is 7.31. The van der Waals surface area contributed by atoms with Crippen LogP contribution in [0.5, 0.6) is 11.5 Å². The number of thioether (sulfide) groups is 1. The van der Waals surface area contributed by atoms with E-state index in [1.165, 1.54) is 24.6 Å². The smallest absolute Gasteiger partial charge is 0.258 e. The summed E-state index contributed by atoms with van der Waals surface area (Å²) in [5, 5.41) is 9.06. The second kappa shape index (κ2) is 10.5. The Labute approximate surface area is 191 Å². The van der Waals surface area contributed by atoms with Crippen molar-refractivity contribution < 1.29 is 14.3 Å². The number of carbonyl (C=O) groups excluding carboxylic acids is 1. The normalized spacial score (nSPS) is 13.5. The zero-order valence-electron chi connectivity index (χ0n) is 18.4. The standard InChI is InChI=1S/C22H28N6O3S/c1-3-30-16-6-8-17(9-7-16)31-15-19(29)23-10-13-28-21-18(14-24-28)20(25-22(26-21)32-2)27-11-4-5-12-27/h6-9,14H,3-5,10-13,15H2,1-2H3,(H,23,29). The molecule has 0 atom stereocenters. The Morgan fingerprint density at radius 2 is 1.84 bits per heavy atom. The number of aromatic nitrogens is 4. The van der Waals surface area contributed by atoms with Gasteiger partial charge in [-0.2, -0.15) is 5.10 Å². The van der Waals surface area contributed by atoms with Crippen LogP contribution >= 0.6 is 11.8 Å². The summed E-state index contributed by atoms with van der Waals surface area (Å²) in [6, 6.07) is 7.21. The van der Waals surface area contributed by atoms with Crippen LogP contribution in [-0.2, 0) is 11.3 Å². The lowest BCUT2D eigenvalue weighted by Crippen LogP contribution is -2.31. The van der Waals surface area contributed by atoms with Crippen molar-refractivity contribution in [2.24, 2.45) is 0 Å². The van der Waals surface area contributed by atoms with E-state index >= 15 is 0 Å². The largest absolute Gasteiger partial charge is 0.494 e. The molecule has 32 heavy (non-hydrogen) atoms. The van der Waals surface area contributed by atoms with Crippen molar-refractivity contribution in [3.8, 4) is 11.5 Å². The predicted octanol–water partition coefficient (Wildman–Crippen LogP) is 2.74. The van der Waals surface area contributed by atoms with Crippen molar-refractivity contribution in [2.75, 3.05) is 44.0 Å². The van der Waals surface area contributed by atoms with Crippen LogP contribution in [0.25, 0.3) is 11.0 Å². The van der Waals surface area contributed by atoms with Gasteiger partial charge < -0.3 is 19.7 Å². The minimum absolute atomic E-state index is 0.0499. The Morgan fingerprint density at radius 1 is 1.12 bits per heavy atom. The molecule has 9 nitrogen and oxygen atoms in total.